The van der Waals surface area contributed by atoms with E-state index in [0.717, 1.165) is 204 Å². The van der Waals surface area contributed by atoms with Gasteiger partial charge in [0.2, 0.25) is 0 Å². The molecule has 17 aromatic rings. The van der Waals surface area contributed by atoms with Crippen molar-refractivity contribution in [1.29, 1.82) is 0 Å². The van der Waals surface area contributed by atoms with E-state index >= 15 is 0 Å². The minimum absolute atomic E-state index is 0.197. The van der Waals surface area contributed by atoms with Crippen molar-refractivity contribution in [3.05, 3.63) is 254 Å². The summed E-state index contributed by atoms with van der Waals surface area (Å²) in [5.41, 5.74) is 18.0. The van der Waals surface area contributed by atoms with Gasteiger partial charge in [-0.2, -0.15) is 5.10 Å². The number of H-pyrrole nitrogens is 4. The van der Waals surface area contributed by atoms with Gasteiger partial charge in [-0.25, -0.2) is 87.0 Å². The zero-order valence-electron chi connectivity index (χ0n) is 73.1. The largest absolute Gasteiger partial charge is 0.378 e. The molecular formula is C96H100F4N28O. The Bertz CT molecular complexity index is 6510. The third-order valence-corrected chi connectivity index (χ3v) is 23.0. The van der Waals surface area contributed by atoms with E-state index in [4.69, 9.17) is 24.7 Å². The topological polar surface area (TPSA) is 340 Å². The van der Waals surface area contributed by atoms with Crippen molar-refractivity contribution in [1.82, 2.24) is 105 Å². The van der Waals surface area contributed by atoms with Gasteiger partial charge in [0.05, 0.1) is 80.3 Å². The Morgan fingerprint density at radius 2 is 0.659 bits per heavy atom. The van der Waals surface area contributed by atoms with Gasteiger partial charge < -0.3 is 71.3 Å². The second-order valence-electron chi connectivity index (χ2n) is 33.1. The Hall–Kier alpha value is -14.7. The Morgan fingerprint density at radius 3 is 0.953 bits per heavy atom. The van der Waals surface area contributed by atoms with Crippen LogP contribution in [-0.4, -0.2) is 172 Å². The van der Waals surface area contributed by atoms with E-state index in [9.17, 15) is 17.6 Å². The zero-order valence-corrected chi connectivity index (χ0v) is 73.1. The van der Waals surface area contributed by atoms with Crippen LogP contribution in [0.2, 0.25) is 0 Å². The van der Waals surface area contributed by atoms with Crippen LogP contribution in [0.15, 0.2) is 208 Å². The van der Waals surface area contributed by atoms with E-state index in [2.05, 4.69) is 186 Å². The number of fused-ring (bicyclic) bond motifs is 4. The van der Waals surface area contributed by atoms with Crippen molar-refractivity contribution >= 4 is 107 Å². The number of ether oxygens (including phenoxy) is 1. The molecule has 0 unspecified atom stereocenters. The Morgan fingerprint density at radius 1 is 0.364 bits per heavy atom. The minimum Gasteiger partial charge on any atom is -0.378 e. The van der Waals surface area contributed by atoms with Crippen LogP contribution < -0.4 is 46.6 Å². The monoisotopic (exact) mass is 1740 g/mol. The first-order chi connectivity index (χ1) is 62.7. The van der Waals surface area contributed by atoms with Crippen molar-refractivity contribution in [2.24, 2.45) is 0 Å². The molecule has 33 heteroatoms. The number of nitrogens with one attached hydrogen (secondary N) is 10. The summed E-state index contributed by atoms with van der Waals surface area (Å²) in [6.45, 7) is 30.1. The summed E-state index contributed by atoms with van der Waals surface area (Å²) in [5.74, 6) is 4.80. The molecule has 0 spiro atoms. The maximum atomic E-state index is 13.4. The summed E-state index contributed by atoms with van der Waals surface area (Å²) in [6, 6.07) is 33.4. The predicted octanol–water partition coefficient (Wildman–Crippen LogP) is 19.1. The molecule has 10 N–H and O–H groups in total. The van der Waals surface area contributed by atoms with E-state index in [1.807, 2.05) is 73.8 Å². The van der Waals surface area contributed by atoms with Gasteiger partial charge >= 0.3 is 0 Å². The molecule has 3 aliphatic heterocycles. The fourth-order valence-electron chi connectivity index (χ4n) is 16.1. The molecule has 16 heterocycles. The van der Waals surface area contributed by atoms with E-state index in [-0.39, 0.29) is 46.9 Å². The highest BCUT2D eigenvalue weighted by Gasteiger charge is 2.29. The zero-order chi connectivity index (χ0) is 89.3. The maximum absolute atomic E-state index is 13.4. The molecule has 0 amide bonds. The number of morpholine rings is 1. The van der Waals surface area contributed by atoms with Crippen LogP contribution in [-0.2, 0) is 4.74 Å². The van der Waals surface area contributed by atoms with Crippen molar-refractivity contribution in [2.75, 3.05) is 102 Å². The average Bonchev–Trinajstić information content (AvgIpc) is 1.58. The average molecular weight is 1740 g/mol. The highest BCUT2D eigenvalue weighted by atomic mass is 19.1. The number of aromatic nitrogens is 19. The summed E-state index contributed by atoms with van der Waals surface area (Å²) >= 11 is 0. The molecule has 129 heavy (non-hydrogen) atoms. The second kappa shape index (κ2) is 38.6. The Kier molecular flexibility index (Phi) is 25.9. The van der Waals surface area contributed by atoms with Crippen LogP contribution in [0.4, 0.5) is 80.6 Å². The summed E-state index contributed by atoms with van der Waals surface area (Å²) in [6.07, 6.45) is 25.5. The maximum Gasteiger partial charge on any atom is 0.161 e. The van der Waals surface area contributed by atoms with Crippen LogP contribution in [0.1, 0.15) is 115 Å². The molecular weight excluding hydrogens is 1640 g/mol. The summed E-state index contributed by atoms with van der Waals surface area (Å²) in [4.78, 5) is 79.7. The standard InChI is InChI=1S/2C25H28FN7.C24H25FN6O.C22H19FN8/c2*1-15(2)19-13-29-23(17-4-6-18(26)7-5-17)32-24(19)31-20-8-9-28-25-22(20)21(14-30-25)33-11-10-27-12-16(33)3;1-15(2)18-13-27-22(16-3-5-17(25)6-4-16)30-23(18)29-19-7-8-26-24-21(19)20(14-28-24)31-9-11-32-12-10-31;1-13(2)16-9-26-20(14-3-5-15(23)6-4-14)30-21(16)29-17-7-8-25-22-19(17)18(10-27-22)31-12-24-11-28-31/h2*4-9,13-16,27H,10-12H2,1-3H3,(H2,28,29,30,31,32);3-8,13-15H,9-12H2,1-2H3,(H2,26,27,28,29,30);3-13H,1-2H3,(H2,25,26,27,29,30)/t2*16-;;/m10../s1. The lowest BCUT2D eigenvalue weighted by molar-refractivity contribution is 0.123. The lowest BCUT2D eigenvalue weighted by Crippen LogP contribution is -2.49. The van der Waals surface area contributed by atoms with Crippen LogP contribution in [0.3, 0.4) is 0 Å². The van der Waals surface area contributed by atoms with Crippen molar-refractivity contribution in [2.45, 2.75) is 105 Å². The van der Waals surface area contributed by atoms with Gasteiger partial charge in [0.25, 0.3) is 0 Å². The number of halogens is 4. The molecule has 29 nitrogen and oxygen atoms in total. The summed E-state index contributed by atoms with van der Waals surface area (Å²) in [5, 5.41) is 29.3. The SMILES string of the molecule is CC(C)c1cnc(-c2ccc(F)cc2)nc1Nc1ccnc2[nH]cc(-n3cncn3)c12.CC(C)c1cnc(-c2ccc(F)cc2)nc1Nc1ccnc2[nH]cc(N3CCNC[C@@H]3C)c12.CC(C)c1cnc(-c2ccc(F)cc2)nc1Nc1ccnc2[nH]cc(N3CCNC[C@H]3C)c12.CC(C)c1cnc(-c2ccc(F)cc2)nc1Nc1ccnc2[nH]cc(N3CCOCC3)c12. The van der Waals surface area contributed by atoms with Gasteiger partial charge in [-0.05, 0) is 159 Å². The van der Waals surface area contributed by atoms with E-state index in [1.165, 1.54) is 54.9 Å². The van der Waals surface area contributed by atoms with Crippen LogP contribution in [0.5, 0.6) is 0 Å². The highest BCUT2D eigenvalue weighted by molar-refractivity contribution is 6.04. The molecule has 0 aliphatic carbocycles. The number of anilines is 11. The van der Waals surface area contributed by atoms with Crippen molar-refractivity contribution in [3.63, 3.8) is 0 Å². The van der Waals surface area contributed by atoms with Gasteiger partial charge in [-0.3, -0.25) is 0 Å². The number of rotatable bonds is 20. The van der Waals surface area contributed by atoms with E-state index in [1.54, 1.807) is 84.3 Å². The number of hydrogen-bond donors (Lipinski definition) is 10. The van der Waals surface area contributed by atoms with E-state index < -0.39 is 0 Å². The first-order valence-corrected chi connectivity index (χ1v) is 43.3. The lowest BCUT2D eigenvalue weighted by atomic mass is 10.1. The van der Waals surface area contributed by atoms with E-state index in [0.29, 0.717) is 54.4 Å². The number of benzene rings is 4. The first-order valence-electron chi connectivity index (χ1n) is 43.3. The van der Waals surface area contributed by atoms with Crippen LogP contribution in [0.25, 0.3) is 95.4 Å². The Labute approximate surface area is 742 Å². The minimum atomic E-state index is -0.298. The van der Waals surface area contributed by atoms with Crippen molar-refractivity contribution < 1.29 is 22.3 Å². The molecule has 3 saturated heterocycles. The molecule has 3 aliphatic rings. The number of nitrogens with zero attached hydrogens (tertiary/aromatic N) is 18. The van der Waals surface area contributed by atoms with Gasteiger partial charge in [0, 0.05) is 183 Å². The molecule has 13 aromatic heterocycles. The van der Waals surface area contributed by atoms with Crippen LogP contribution in [0, 0.1) is 23.3 Å². The quantitative estimate of drug-likeness (QED) is 0.0317. The normalized spacial score (nSPS) is 14.7. The van der Waals surface area contributed by atoms with Crippen molar-refractivity contribution in [3.8, 4) is 51.2 Å². The first kappa shape index (κ1) is 86.4. The van der Waals surface area contributed by atoms with Crippen LogP contribution >= 0.6 is 0 Å². The lowest BCUT2D eigenvalue weighted by Gasteiger charge is -2.35. The number of aromatic amines is 4. The number of piperazine rings is 2. The third kappa shape index (κ3) is 19.2. The molecule has 0 radical (unpaired) electrons. The summed E-state index contributed by atoms with van der Waals surface area (Å²) in [7, 11) is 0. The Balaban J connectivity index is 0.000000121. The van der Waals surface area contributed by atoms with Gasteiger partial charge in [0.15, 0.2) is 23.3 Å². The third-order valence-electron chi connectivity index (χ3n) is 23.0. The molecule has 658 valence electrons. The van der Waals surface area contributed by atoms with Gasteiger partial charge in [-0.1, -0.05) is 55.4 Å². The highest BCUT2D eigenvalue weighted by Crippen LogP contribution is 2.42. The fourth-order valence-corrected chi connectivity index (χ4v) is 16.1. The summed E-state index contributed by atoms with van der Waals surface area (Å²) < 4.78 is 60.7. The molecule has 3 fully saturated rings. The molecule has 20 rings (SSSR count). The molecule has 0 saturated carbocycles. The number of pyridine rings is 4. The molecule has 4 aromatic carbocycles. The van der Waals surface area contributed by atoms with Gasteiger partial charge in [0.1, 0.15) is 81.8 Å². The van der Waals surface area contributed by atoms with Gasteiger partial charge in [-0.15, -0.1) is 0 Å². The molecule has 0 bridgehead atoms. The smallest absolute Gasteiger partial charge is 0.161 e. The fraction of sp³-hybridized carbons (Fsp3) is 0.271. The number of hydrogen-bond acceptors (Lipinski definition) is 24. The second-order valence-corrected chi connectivity index (χ2v) is 33.1. The molecule has 2 atom stereocenters. The predicted molar refractivity (Wildman–Crippen MR) is 501 cm³/mol.